The summed E-state index contributed by atoms with van der Waals surface area (Å²) in [4.78, 5) is 28.4. The van der Waals surface area contributed by atoms with Crippen molar-refractivity contribution in [3.63, 3.8) is 0 Å². The van der Waals surface area contributed by atoms with Crippen LogP contribution in [0.25, 0.3) is 87.0 Å². The molecule has 48 heavy (non-hydrogen) atoms. The van der Waals surface area contributed by atoms with Gasteiger partial charge in [-0.3, -0.25) is 18.7 Å². The van der Waals surface area contributed by atoms with Gasteiger partial charge in [0.05, 0.1) is 11.0 Å². The van der Waals surface area contributed by atoms with Gasteiger partial charge < -0.3 is 0 Å². The maximum absolute atomic E-state index is 14.2. The van der Waals surface area contributed by atoms with Crippen LogP contribution in [0.2, 0.25) is 0 Å². The first kappa shape index (κ1) is 26.7. The van der Waals surface area contributed by atoms with Crippen LogP contribution in [0.15, 0.2) is 167 Å². The van der Waals surface area contributed by atoms with Crippen molar-refractivity contribution in [2.24, 2.45) is 0 Å². The third kappa shape index (κ3) is 3.65. The number of pyridine rings is 2. The molecular weight excluding hydrogens is 588 g/mol. The first-order valence-electron chi connectivity index (χ1n) is 16.1. The van der Waals surface area contributed by atoms with Gasteiger partial charge in [0.1, 0.15) is 0 Å². The summed E-state index contributed by atoms with van der Waals surface area (Å²) < 4.78 is 3.67. The Morgan fingerprint density at radius 1 is 0.271 bits per heavy atom. The van der Waals surface area contributed by atoms with Crippen molar-refractivity contribution in [3.05, 3.63) is 178 Å². The van der Waals surface area contributed by atoms with Gasteiger partial charge in [-0.1, -0.05) is 109 Å². The molecule has 2 heterocycles. The maximum atomic E-state index is 14.2. The molecule has 8 aromatic carbocycles. The van der Waals surface area contributed by atoms with Gasteiger partial charge in [-0.05, 0) is 91.6 Å². The minimum atomic E-state index is -0.0522. The molecule has 10 rings (SSSR count). The number of fused-ring (bicyclic) bond motifs is 12. The van der Waals surface area contributed by atoms with Crippen molar-refractivity contribution in [1.82, 2.24) is 9.13 Å². The van der Waals surface area contributed by atoms with Crippen molar-refractivity contribution in [2.75, 3.05) is 0 Å². The van der Waals surface area contributed by atoms with Crippen LogP contribution in [0.1, 0.15) is 0 Å². The Hall–Kier alpha value is -6.52. The minimum absolute atomic E-state index is 0.0522. The number of hydrogen-bond donors (Lipinski definition) is 0. The molecule has 0 bridgehead atoms. The highest BCUT2D eigenvalue weighted by molar-refractivity contribution is 6.26. The molecule has 224 valence electrons. The molecule has 0 saturated carbocycles. The van der Waals surface area contributed by atoms with Crippen LogP contribution in [-0.2, 0) is 0 Å². The van der Waals surface area contributed by atoms with Gasteiger partial charge in [-0.2, -0.15) is 0 Å². The average Bonchev–Trinajstić information content (AvgIpc) is 3.15. The SMILES string of the molecule is O=c1c2ccccc2c2ccccc2n1-c1ccc2c3ccccc3c3ccc(-n4c(=O)c5ccccc5c5ccccc54)cc3c2c1. The summed E-state index contributed by atoms with van der Waals surface area (Å²) in [7, 11) is 0. The second-order valence-electron chi connectivity index (χ2n) is 12.4. The summed E-state index contributed by atoms with van der Waals surface area (Å²) in [6, 6.07) is 52.9. The molecule has 0 N–H and O–H groups in total. The van der Waals surface area contributed by atoms with E-state index in [0.717, 1.165) is 76.3 Å². The smallest absolute Gasteiger partial charge is 0.263 e. The molecule has 0 fully saturated rings. The third-order valence-corrected chi connectivity index (χ3v) is 9.91. The molecule has 0 unspecified atom stereocenters. The molecule has 0 aliphatic rings. The molecule has 0 aliphatic heterocycles. The maximum Gasteiger partial charge on any atom is 0.263 e. The summed E-state index contributed by atoms with van der Waals surface area (Å²) in [6.45, 7) is 0. The fourth-order valence-electron chi connectivity index (χ4n) is 7.79. The number of aromatic nitrogens is 2. The first-order valence-corrected chi connectivity index (χ1v) is 16.1. The predicted octanol–water partition coefficient (Wildman–Crippen LogP) is 10.1. The van der Waals surface area contributed by atoms with Crippen molar-refractivity contribution in [1.29, 1.82) is 0 Å². The second-order valence-corrected chi connectivity index (χ2v) is 12.4. The first-order chi connectivity index (χ1) is 23.7. The molecular formula is C44H26N2O2. The highest BCUT2D eigenvalue weighted by Gasteiger charge is 2.17. The van der Waals surface area contributed by atoms with Crippen LogP contribution in [0.5, 0.6) is 0 Å². The molecule has 2 aromatic heterocycles. The lowest BCUT2D eigenvalue weighted by molar-refractivity contribution is 1.06. The van der Waals surface area contributed by atoms with E-state index in [1.165, 1.54) is 0 Å². The summed E-state index contributed by atoms with van der Waals surface area (Å²) in [6.07, 6.45) is 0. The molecule has 0 radical (unpaired) electrons. The van der Waals surface area contributed by atoms with Crippen LogP contribution in [0.4, 0.5) is 0 Å². The van der Waals surface area contributed by atoms with Crippen LogP contribution in [-0.4, -0.2) is 9.13 Å². The van der Waals surface area contributed by atoms with Gasteiger partial charge in [0.2, 0.25) is 0 Å². The Balaban J connectivity index is 1.33. The fraction of sp³-hybridized carbons (Fsp3) is 0. The molecule has 0 amide bonds. The van der Waals surface area contributed by atoms with E-state index in [2.05, 4.69) is 72.8 Å². The third-order valence-electron chi connectivity index (χ3n) is 9.91. The molecule has 4 nitrogen and oxygen atoms in total. The van der Waals surface area contributed by atoms with Crippen molar-refractivity contribution >= 4 is 75.7 Å². The molecule has 0 aliphatic carbocycles. The summed E-state index contributed by atoms with van der Waals surface area (Å²) in [5, 5.41) is 11.8. The molecule has 0 atom stereocenters. The van der Waals surface area contributed by atoms with E-state index in [-0.39, 0.29) is 11.1 Å². The average molecular weight is 615 g/mol. The van der Waals surface area contributed by atoms with Crippen molar-refractivity contribution < 1.29 is 0 Å². The summed E-state index contributed by atoms with van der Waals surface area (Å²) in [5.41, 5.74) is 3.21. The van der Waals surface area contributed by atoms with Gasteiger partial charge in [-0.25, -0.2) is 0 Å². The van der Waals surface area contributed by atoms with Crippen LogP contribution >= 0.6 is 0 Å². The van der Waals surface area contributed by atoms with E-state index in [4.69, 9.17) is 0 Å². The van der Waals surface area contributed by atoms with Crippen molar-refractivity contribution in [2.45, 2.75) is 0 Å². The Morgan fingerprint density at radius 2 is 0.562 bits per heavy atom. The van der Waals surface area contributed by atoms with E-state index in [1.807, 2.05) is 94.1 Å². The lowest BCUT2D eigenvalue weighted by Crippen LogP contribution is -2.19. The highest BCUT2D eigenvalue weighted by Crippen LogP contribution is 2.38. The molecule has 4 heteroatoms. The number of rotatable bonds is 2. The number of para-hydroxylation sites is 2. The predicted molar refractivity (Wildman–Crippen MR) is 200 cm³/mol. The van der Waals surface area contributed by atoms with Gasteiger partial charge in [0.15, 0.2) is 0 Å². The molecule has 0 saturated heterocycles. The summed E-state index contributed by atoms with van der Waals surface area (Å²) >= 11 is 0. The Labute approximate surface area is 273 Å². The fourth-order valence-corrected chi connectivity index (χ4v) is 7.79. The lowest BCUT2D eigenvalue weighted by Gasteiger charge is -2.17. The number of benzene rings is 8. The second kappa shape index (κ2) is 9.99. The normalized spacial score (nSPS) is 11.9. The van der Waals surface area contributed by atoms with E-state index < -0.39 is 0 Å². The van der Waals surface area contributed by atoms with Crippen LogP contribution < -0.4 is 11.1 Å². The lowest BCUT2D eigenvalue weighted by atomic mass is 9.93. The Kier molecular flexibility index (Phi) is 5.55. The number of hydrogen-bond acceptors (Lipinski definition) is 2. The Bertz CT molecular complexity index is 2900. The largest absolute Gasteiger partial charge is 0.276 e. The van der Waals surface area contributed by atoms with E-state index >= 15 is 0 Å². The zero-order chi connectivity index (χ0) is 31.9. The van der Waals surface area contributed by atoms with Crippen LogP contribution in [0, 0.1) is 0 Å². The van der Waals surface area contributed by atoms with Crippen LogP contribution in [0.3, 0.4) is 0 Å². The van der Waals surface area contributed by atoms with Gasteiger partial charge in [0, 0.05) is 32.9 Å². The standard InChI is InChI=1S/C44H26N2O2/c47-43-37-17-5-3-13-31(37)35-15-7-9-19-41(35)45(43)27-21-23-33-29-11-1-2-12-30(29)34-24-22-28(26-40(34)39(33)25-27)46-42-20-10-8-16-36(42)32-14-4-6-18-38(32)44(46)48/h1-26H. The molecule has 0 spiro atoms. The minimum Gasteiger partial charge on any atom is -0.276 e. The van der Waals surface area contributed by atoms with Crippen molar-refractivity contribution in [3.8, 4) is 11.4 Å². The van der Waals surface area contributed by atoms with Gasteiger partial charge in [-0.15, -0.1) is 0 Å². The van der Waals surface area contributed by atoms with Gasteiger partial charge >= 0.3 is 0 Å². The topological polar surface area (TPSA) is 44.0 Å². The van der Waals surface area contributed by atoms with E-state index in [1.54, 1.807) is 0 Å². The quantitative estimate of drug-likeness (QED) is 0.182. The Morgan fingerprint density at radius 3 is 0.958 bits per heavy atom. The monoisotopic (exact) mass is 614 g/mol. The van der Waals surface area contributed by atoms with Gasteiger partial charge in [0.25, 0.3) is 11.1 Å². The molecule has 10 aromatic rings. The summed E-state index contributed by atoms with van der Waals surface area (Å²) in [5.74, 6) is 0. The zero-order valence-electron chi connectivity index (χ0n) is 25.7. The van der Waals surface area contributed by atoms with E-state index in [0.29, 0.717) is 10.8 Å². The van der Waals surface area contributed by atoms with E-state index in [9.17, 15) is 9.59 Å². The highest BCUT2D eigenvalue weighted by atomic mass is 16.1. The zero-order valence-corrected chi connectivity index (χ0v) is 25.7. The number of nitrogens with zero attached hydrogens (tertiary/aromatic N) is 2.